The second-order valence-electron chi connectivity index (χ2n) is 4.13. The van der Waals surface area contributed by atoms with Gasteiger partial charge in [-0.05, 0) is 37.6 Å². The van der Waals surface area contributed by atoms with Crippen molar-refractivity contribution in [3.63, 3.8) is 0 Å². The van der Waals surface area contributed by atoms with Crippen LogP contribution >= 0.6 is 0 Å². The summed E-state index contributed by atoms with van der Waals surface area (Å²) < 4.78 is 13.0. The molecule has 0 aromatic heterocycles. The van der Waals surface area contributed by atoms with Crippen LogP contribution in [0.1, 0.15) is 23.2 Å². The molecule has 3 N–H and O–H groups in total. The summed E-state index contributed by atoms with van der Waals surface area (Å²) in [5.41, 5.74) is -0.135. The van der Waals surface area contributed by atoms with Crippen LogP contribution in [0.5, 0.6) is 0 Å². The van der Waals surface area contributed by atoms with Crippen molar-refractivity contribution in [2.45, 2.75) is 18.9 Å². The highest BCUT2D eigenvalue weighted by Crippen LogP contribution is 2.18. The third kappa shape index (κ3) is 2.65. The number of nitrogens with one attached hydrogen (secondary N) is 2. The molecule has 1 amide bonds. The van der Waals surface area contributed by atoms with E-state index in [9.17, 15) is 14.0 Å². The molecule has 0 aliphatic carbocycles. The number of halogens is 1. The van der Waals surface area contributed by atoms with E-state index >= 15 is 0 Å². The van der Waals surface area contributed by atoms with Gasteiger partial charge in [-0.25, -0.2) is 9.18 Å². The number of hydrogen-bond acceptors (Lipinski definition) is 3. The summed E-state index contributed by atoms with van der Waals surface area (Å²) >= 11 is 0. The lowest BCUT2D eigenvalue weighted by Gasteiger charge is -2.12. The van der Waals surface area contributed by atoms with Crippen LogP contribution in [-0.4, -0.2) is 29.6 Å². The Kier molecular flexibility index (Phi) is 3.57. The topological polar surface area (TPSA) is 78.4 Å². The predicted octanol–water partition coefficient (Wildman–Crippen LogP) is 1.21. The molecule has 0 spiro atoms. The van der Waals surface area contributed by atoms with Crippen molar-refractivity contribution in [2.75, 3.05) is 11.9 Å². The number of anilines is 1. The van der Waals surface area contributed by atoms with E-state index in [1.807, 2.05) is 0 Å². The number of carbonyl (C=O) groups excluding carboxylic acids is 1. The SMILES string of the molecule is O=C(O)c1cc(F)ccc1NC(=O)C1CCCN1. The van der Waals surface area contributed by atoms with E-state index in [0.29, 0.717) is 0 Å². The van der Waals surface area contributed by atoms with Crippen molar-refractivity contribution in [3.05, 3.63) is 29.6 Å². The first-order chi connectivity index (χ1) is 8.58. The van der Waals surface area contributed by atoms with Gasteiger partial charge in [0.25, 0.3) is 0 Å². The highest BCUT2D eigenvalue weighted by molar-refractivity contribution is 6.02. The molecule has 1 aromatic carbocycles. The Labute approximate surface area is 103 Å². The minimum Gasteiger partial charge on any atom is -0.478 e. The zero-order chi connectivity index (χ0) is 13.1. The van der Waals surface area contributed by atoms with E-state index in [2.05, 4.69) is 10.6 Å². The van der Waals surface area contributed by atoms with Gasteiger partial charge in [0.1, 0.15) is 5.82 Å². The van der Waals surface area contributed by atoms with E-state index < -0.39 is 11.8 Å². The number of amides is 1. The summed E-state index contributed by atoms with van der Waals surface area (Å²) in [4.78, 5) is 22.8. The number of carboxylic acids is 1. The molecule has 0 saturated carbocycles. The van der Waals surface area contributed by atoms with E-state index in [1.165, 1.54) is 6.07 Å². The largest absolute Gasteiger partial charge is 0.478 e. The average molecular weight is 252 g/mol. The van der Waals surface area contributed by atoms with Crippen molar-refractivity contribution < 1.29 is 19.1 Å². The molecule has 1 aliphatic heterocycles. The fraction of sp³-hybridized carbons (Fsp3) is 0.333. The Morgan fingerprint density at radius 3 is 2.83 bits per heavy atom. The summed E-state index contributed by atoms with van der Waals surface area (Å²) in [5, 5.41) is 14.4. The van der Waals surface area contributed by atoms with E-state index in [0.717, 1.165) is 31.5 Å². The van der Waals surface area contributed by atoms with Crippen LogP contribution in [0.3, 0.4) is 0 Å². The predicted molar refractivity (Wildman–Crippen MR) is 63.0 cm³/mol. The minimum absolute atomic E-state index is 0.114. The maximum absolute atomic E-state index is 13.0. The average Bonchev–Trinajstić information content (AvgIpc) is 2.84. The lowest BCUT2D eigenvalue weighted by Crippen LogP contribution is -2.35. The lowest BCUT2D eigenvalue weighted by atomic mass is 10.1. The Morgan fingerprint density at radius 1 is 1.44 bits per heavy atom. The van der Waals surface area contributed by atoms with Gasteiger partial charge in [-0.1, -0.05) is 0 Å². The molecule has 1 heterocycles. The van der Waals surface area contributed by atoms with Gasteiger partial charge in [-0.15, -0.1) is 0 Å². The maximum atomic E-state index is 13.0. The lowest BCUT2D eigenvalue weighted by molar-refractivity contribution is -0.117. The van der Waals surface area contributed by atoms with Crippen LogP contribution in [-0.2, 0) is 4.79 Å². The van der Waals surface area contributed by atoms with Crippen LogP contribution in [0, 0.1) is 5.82 Å². The third-order valence-corrected chi connectivity index (χ3v) is 2.85. The van der Waals surface area contributed by atoms with Gasteiger partial charge in [-0.2, -0.15) is 0 Å². The van der Waals surface area contributed by atoms with Gasteiger partial charge >= 0.3 is 5.97 Å². The molecule has 96 valence electrons. The Bertz CT molecular complexity index is 484. The highest BCUT2D eigenvalue weighted by atomic mass is 19.1. The smallest absolute Gasteiger partial charge is 0.337 e. The van der Waals surface area contributed by atoms with E-state index in [1.54, 1.807) is 0 Å². The quantitative estimate of drug-likeness (QED) is 0.755. The van der Waals surface area contributed by atoms with Crippen LogP contribution in [0.15, 0.2) is 18.2 Å². The second kappa shape index (κ2) is 5.14. The first kappa shape index (κ1) is 12.5. The zero-order valence-electron chi connectivity index (χ0n) is 9.57. The van der Waals surface area contributed by atoms with E-state index in [4.69, 9.17) is 5.11 Å². The van der Waals surface area contributed by atoms with Crippen LogP contribution in [0.2, 0.25) is 0 Å². The summed E-state index contributed by atoms with van der Waals surface area (Å²) in [5.74, 6) is -2.21. The van der Waals surface area contributed by atoms with Gasteiger partial charge in [0.15, 0.2) is 0 Å². The first-order valence-corrected chi connectivity index (χ1v) is 5.65. The number of benzene rings is 1. The molecule has 1 aliphatic rings. The summed E-state index contributed by atoms with van der Waals surface area (Å²) in [6.07, 6.45) is 1.63. The van der Waals surface area contributed by atoms with Crippen LogP contribution in [0.4, 0.5) is 10.1 Å². The monoisotopic (exact) mass is 252 g/mol. The van der Waals surface area contributed by atoms with Gasteiger partial charge in [0, 0.05) is 0 Å². The number of carbonyl (C=O) groups is 2. The van der Waals surface area contributed by atoms with Gasteiger partial charge in [-0.3, -0.25) is 4.79 Å². The van der Waals surface area contributed by atoms with Crippen LogP contribution < -0.4 is 10.6 Å². The third-order valence-electron chi connectivity index (χ3n) is 2.85. The van der Waals surface area contributed by atoms with Gasteiger partial charge in [0.2, 0.25) is 5.91 Å². The van der Waals surface area contributed by atoms with Crippen molar-refractivity contribution in [1.29, 1.82) is 0 Å². The van der Waals surface area contributed by atoms with Crippen LogP contribution in [0.25, 0.3) is 0 Å². The van der Waals surface area contributed by atoms with Crippen molar-refractivity contribution in [1.82, 2.24) is 5.32 Å². The Hall–Kier alpha value is -1.95. The molecular formula is C12H13FN2O3. The Morgan fingerprint density at radius 2 is 2.22 bits per heavy atom. The molecule has 1 saturated heterocycles. The molecule has 18 heavy (non-hydrogen) atoms. The first-order valence-electron chi connectivity index (χ1n) is 5.65. The standard InChI is InChI=1S/C12H13FN2O3/c13-7-3-4-9(8(6-7)12(17)18)15-11(16)10-2-1-5-14-10/h3-4,6,10,14H,1-2,5H2,(H,15,16)(H,17,18). The molecule has 0 bridgehead atoms. The molecule has 2 rings (SSSR count). The molecular weight excluding hydrogens is 239 g/mol. The molecule has 6 heteroatoms. The molecule has 1 atom stereocenters. The normalized spacial score (nSPS) is 18.6. The maximum Gasteiger partial charge on any atom is 0.337 e. The molecule has 1 fully saturated rings. The number of rotatable bonds is 3. The summed E-state index contributed by atoms with van der Waals surface area (Å²) in [7, 11) is 0. The number of carboxylic acid groups (broad SMARTS) is 1. The molecule has 1 aromatic rings. The van der Waals surface area contributed by atoms with Gasteiger partial charge in [0.05, 0.1) is 17.3 Å². The van der Waals surface area contributed by atoms with Crippen molar-refractivity contribution in [2.24, 2.45) is 0 Å². The van der Waals surface area contributed by atoms with Crippen molar-refractivity contribution in [3.8, 4) is 0 Å². The number of hydrogen-bond donors (Lipinski definition) is 3. The van der Waals surface area contributed by atoms with Gasteiger partial charge < -0.3 is 15.7 Å². The van der Waals surface area contributed by atoms with E-state index in [-0.39, 0.29) is 23.2 Å². The molecule has 1 unspecified atom stereocenters. The van der Waals surface area contributed by atoms with Crippen molar-refractivity contribution >= 4 is 17.6 Å². The Balaban J connectivity index is 2.17. The fourth-order valence-corrected chi connectivity index (χ4v) is 1.93. The summed E-state index contributed by atoms with van der Waals surface area (Å²) in [6.45, 7) is 0.771. The summed E-state index contributed by atoms with van der Waals surface area (Å²) in [6, 6.07) is 2.95. The molecule has 5 nitrogen and oxygen atoms in total. The highest BCUT2D eigenvalue weighted by Gasteiger charge is 2.23. The minimum atomic E-state index is -1.27. The zero-order valence-corrected chi connectivity index (χ0v) is 9.57. The number of aromatic carboxylic acids is 1. The fourth-order valence-electron chi connectivity index (χ4n) is 1.93. The second-order valence-corrected chi connectivity index (χ2v) is 4.13. The molecule has 0 radical (unpaired) electrons.